The van der Waals surface area contributed by atoms with Crippen LogP contribution in [0.1, 0.15) is 56.7 Å². The molecule has 0 bridgehead atoms. The number of unbranched alkanes of at least 4 members (excludes halogenated alkanes) is 5. The average Bonchev–Trinajstić information content (AvgIpc) is 3.21. The van der Waals surface area contributed by atoms with Crippen LogP contribution in [0.15, 0.2) is 47.1 Å². The van der Waals surface area contributed by atoms with Crippen LogP contribution in [0.25, 0.3) is 11.8 Å². The maximum Gasteiger partial charge on any atom is 0.265 e. The molecule has 1 aromatic carbocycles. The molecular formula is C22H28N4O4S. The molecule has 8 nitrogen and oxygen atoms in total. The first-order valence-electron chi connectivity index (χ1n) is 10.5. The number of rotatable bonds is 10. The highest BCUT2D eigenvalue weighted by Gasteiger charge is 2.36. The van der Waals surface area contributed by atoms with Gasteiger partial charge in [-0.15, -0.1) is 5.10 Å². The fourth-order valence-corrected chi connectivity index (χ4v) is 4.90. The molecule has 0 unspecified atom stereocenters. The van der Waals surface area contributed by atoms with Crippen molar-refractivity contribution in [2.75, 3.05) is 7.05 Å². The smallest absolute Gasteiger partial charge is 0.265 e. The molecule has 0 amide bonds. The Kier molecular flexibility index (Phi) is 7.27. The van der Waals surface area contributed by atoms with Crippen LogP contribution in [0.3, 0.4) is 0 Å². The minimum absolute atomic E-state index is 0.0341. The van der Waals surface area contributed by atoms with Crippen molar-refractivity contribution in [2.24, 2.45) is 0 Å². The van der Waals surface area contributed by atoms with Crippen LogP contribution in [-0.2, 0) is 21.4 Å². The van der Waals surface area contributed by atoms with E-state index in [1.54, 1.807) is 23.0 Å². The molecule has 1 N–H and O–H groups in total. The van der Waals surface area contributed by atoms with Gasteiger partial charge in [0, 0.05) is 19.2 Å². The van der Waals surface area contributed by atoms with Crippen molar-refractivity contribution in [3.8, 4) is 0 Å². The van der Waals surface area contributed by atoms with Gasteiger partial charge in [0.05, 0.1) is 11.1 Å². The average molecular weight is 445 g/mol. The Morgan fingerprint density at radius 1 is 1.13 bits per heavy atom. The molecule has 166 valence electrons. The molecule has 2 aromatic rings. The highest BCUT2D eigenvalue weighted by Crippen LogP contribution is 2.34. The van der Waals surface area contributed by atoms with Crippen LogP contribution in [-0.4, -0.2) is 45.7 Å². The number of nitrogens with zero attached hydrogens (tertiary/aromatic N) is 4. The van der Waals surface area contributed by atoms with Crippen LogP contribution in [0.2, 0.25) is 0 Å². The van der Waals surface area contributed by atoms with Gasteiger partial charge < -0.3 is 5.11 Å². The molecule has 0 aliphatic carbocycles. The first-order valence-corrected chi connectivity index (χ1v) is 11.9. The van der Waals surface area contributed by atoms with Crippen molar-refractivity contribution in [2.45, 2.75) is 56.9 Å². The Morgan fingerprint density at radius 3 is 2.61 bits per heavy atom. The van der Waals surface area contributed by atoms with Crippen molar-refractivity contribution >= 4 is 27.6 Å². The Morgan fingerprint density at radius 2 is 1.84 bits per heavy atom. The van der Waals surface area contributed by atoms with E-state index in [2.05, 4.69) is 17.2 Å². The monoisotopic (exact) mass is 444 g/mol. The van der Waals surface area contributed by atoms with E-state index in [9.17, 15) is 18.3 Å². The molecule has 3 rings (SSSR count). The summed E-state index contributed by atoms with van der Waals surface area (Å²) in [5.74, 6) is -1.00. The molecule has 2 heterocycles. The van der Waals surface area contributed by atoms with E-state index in [-0.39, 0.29) is 21.9 Å². The molecule has 1 aliphatic rings. The topological polar surface area (TPSA) is 105 Å². The number of sulfonamides is 1. The molecule has 9 heteroatoms. The zero-order valence-electron chi connectivity index (χ0n) is 17.9. The van der Waals surface area contributed by atoms with Crippen LogP contribution in [0.5, 0.6) is 0 Å². The largest absolute Gasteiger partial charge is 0.505 e. The van der Waals surface area contributed by atoms with E-state index in [1.165, 1.54) is 57.0 Å². The summed E-state index contributed by atoms with van der Waals surface area (Å²) in [5, 5.41) is 18.6. The number of aromatic nitrogens is 3. The predicted octanol–water partition coefficient (Wildman–Crippen LogP) is 3.78. The third kappa shape index (κ3) is 5.04. The van der Waals surface area contributed by atoms with Crippen molar-refractivity contribution in [3.63, 3.8) is 0 Å². The zero-order chi connectivity index (χ0) is 22.4. The van der Waals surface area contributed by atoms with Gasteiger partial charge in [-0.05, 0) is 30.7 Å². The van der Waals surface area contributed by atoms with Gasteiger partial charge in [-0.2, -0.15) is 0 Å². The standard InChI is InChI=1S/C22H28N4O4S/c1-3-4-5-6-7-10-15-26-16-17(23-24-26)13-14-19(27)21-22(28)18-11-8-9-12-20(18)31(29,30)25(21)2/h8-9,11-14,16,28H,3-7,10,15H2,1-2H3/b14-13+. The summed E-state index contributed by atoms with van der Waals surface area (Å²) in [6.07, 6.45) is 11.5. The number of carbonyl (C=O) groups is 1. The summed E-state index contributed by atoms with van der Waals surface area (Å²) in [6.45, 7) is 2.95. The van der Waals surface area contributed by atoms with E-state index in [4.69, 9.17) is 0 Å². The summed E-state index contributed by atoms with van der Waals surface area (Å²) >= 11 is 0. The lowest BCUT2D eigenvalue weighted by Crippen LogP contribution is -2.34. The number of aliphatic hydroxyl groups excluding tert-OH is 1. The highest BCUT2D eigenvalue weighted by atomic mass is 32.2. The van der Waals surface area contributed by atoms with E-state index < -0.39 is 15.8 Å². The van der Waals surface area contributed by atoms with Gasteiger partial charge in [-0.1, -0.05) is 56.4 Å². The molecule has 0 saturated heterocycles. The number of allylic oxidation sites excluding steroid dienone is 1. The maximum atomic E-state index is 12.7. The molecule has 1 aliphatic heterocycles. The number of likely N-dealkylation sites (N-methyl/N-ethyl adjacent to an activating group) is 1. The van der Waals surface area contributed by atoms with Crippen LogP contribution < -0.4 is 0 Å². The molecule has 0 spiro atoms. The lowest BCUT2D eigenvalue weighted by molar-refractivity contribution is -0.112. The number of carbonyl (C=O) groups excluding carboxylic acids is 1. The second-order valence-electron chi connectivity index (χ2n) is 7.54. The number of hydrogen-bond acceptors (Lipinski definition) is 6. The second-order valence-corrected chi connectivity index (χ2v) is 9.48. The number of aryl methyl sites for hydroxylation is 1. The molecular weight excluding hydrogens is 416 g/mol. The molecule has 0 atom stereocenters. The van der Waals surface area contributed by atoms with Crippen molar-refractivity contribution in [3.05, 3.63) is 53.5 Å². The summed E-state index contributed by atoms with van der Waals surface area (Å²) in [6, 6.07) is 6.05. The quantitative estimate of drug-likeness (QED) is 0.442. The van der Waals surface area contributed by atoms with Crippen molar-refractivity contribution in [1.29, 1.82) is 0 Å². The van der Waals surface area contributed by atoms with Gasteiger partial charge in [-0.25, -0.2) is 8.42 Å². The number of fused-ring (bicyclic) bond motifs is 1. The SMILES string of the molecule is CCCCCCCCn1cc(/C=C/C(=O)C2=C(O)c3ccccc3S(=O)(=O)N2C)nn1. The molecule has 1 aromatic heterocycles. The number of ketones is 1. The third-order valence-corrected chi connectivity index (χ3v) is 7.07. The predicted molar refractivity (Wildman–Crippen MR) is 118 cm³/mol. The van der Waals surface area contributed by atoms with Crippen molar-refractivity contribution < 1.29 is 18.3 Å². The summed E-state index contributed by atoms with van der Waals surface area (Å²) in [7, 11) is -2.67. The Labute approximate surface area is 182 Å². The summed E-state index contributed by atoms with van der Waals surface area (Å²) < 4.78 is 28.0. The van der Waals surface area contributed by atoms with Crippen LogP contribution in [0.4, 0.5) is 0 Å². The molecule has 31 heavy (non-hydrogen) atoms. The Balaban J connectivity index is 1.68. The van der Waals surface area contributed by atoms with E-state index in [0.717, 1.165) is 23.7 Å². The van der Waals surface area contributed by atoms with E-state index >= 15 is 0 Å². The van der Waals surface area contributed by atoms with Crippen LogP contribution in [0, 0.1) is 0 Å². The van der Waals surface area contributed by atoms with Gasteiger partial charge in [0.2, 0.25) is 5.78 Å². The lowest BCUT2D eigenvalue weighted by atomic mass is 10.1. The third-order valence-electron chi connectivity index (χ3n) is 5.26. The zero-order valence-corrected chi connectivity index (χ0v) is 18.7. The minimum Gasteiger partial charge on any atom is -0.505 e. The molecule has 0 saturated carbocycles. The van der Waals surface area contributed by atoms with E-state index in [0.29, 0.717) is 5.69 Å². The number of hydrogen-bond donors (Lipinski definition) is 1. The normalized spacial score (nSPS) is 15.5. The first kappa shape index (κ1) is 22.7. The summed E-state index contributed by atoms with van der Waals surface area (Å²) in [4.78, 5) is 12.7. The number of aliphatic hydroxyl groups is 1. The number of benzene rings is 1. The Bertz CT molecular complexity index is 1100. The molecule has 0 fully saturated rings. The highest BCUT2D eigenvalue weighted by molar-refractivity contribution is 7.89. The van der Waals surface area contributed by atoms with Gasteiger partial charge >= 0.3 is 0 Å². The fourth-order valence-electron chi connectivity index (χ4n) is 3.50. The van der Waals surface area contributed by atoms with Gasteiger partial charge in [0.15, 0.2) is 5.76 Å². The fraction of sp³-hybridized carbons (Fsp3) is 0.409. The second kappa shape index (κ2) is 9.91. The molecule has 0 radical (unpaired) electrons. The van der Waals surface area contributed by atoms with Crippen LogP contribution >= 0.6 is 0 Å². The maximum absolute atomic E-state index is 12.7. The van der Waals surface area contributed by atoms with Gasteiger partial charge in [-0.3, -0.25) is 13.8 Å². The summed E-state index contributed by atoms with van der Waals surface area (Å²) in [5.41, 5.74) is 0.304. The van der Waals surface area contributed by atoms with Gasteiger partial charge in [0.1, 0.15) is 11.4 Å². The van der Waals surface area contributed by atoms with E-state index in [1.807, 2.05) is 0 Å². The first-order chi connectivity index (χ1) is 14.9. The lowest BCUT2D eigenvalue weighted by Gasteiger charge is -2.27. The van der Waals surface area contributed by atoms with Gasteiger partial charge in [0.25, 0.3) is 10.0 Å². The van der Waals surface area contributed by atoms with Crippen molar-refractivity contribution in [1.82, 2.24) is 19.3 Å². The Hall–Kier alpha value is -2.94. The minimum atomic E-state index is -3.92.